The predicted molar refractivity (Wildman–Crippen MR) is 97.4 cm³/mol. The first-order chi connectivity index (χ1) is 11.2. The summed E-state index contributed by atoms with van der Waals surface area (Å²) < 4.78 is 10.8. The molecule has 0 aromatic carbocycles. The Morgan fingerprint density at radius 3 is 2.75 bits per heavy atom. The SMILES string of the molecule is CO[C@@H](C)[C@H](C)NCc1cc2c(s1)CCN(C(=O)OC(C)(C)C)C2. The number of carbonyl (C=O) groups excluding carboxylic acids is 1. The highest BCUT2D eigenvalue weighted by molar-refractivity contribution is 7.12. The van der Waals surface area contributed by atoms with E-state index in [1.54, 1.807) is 12.0 Å². The third-order valence-corrected chi connectivity index (χ3v) is 5.48. The summed E-state index contributed by atoms with van der Waals surface area (Å²) in [7, 11) is 1.73. The molecule has 136 valence electrons. The van der Waals surface area contributed by atoms with E-state index in [0.29, 0.717) is 12.6 Å². The quantitative estimate of drug-likeness (QED) is 0.878. The van der Waals surface area contributed by atoms with Crippen LogP contribution < -0.4 is 5.32 Å². The van der Waals surface area contributed by atoms with Crippen molar-refractivity contribution < 1.29 is 14.3 Å². The van der Waals surface area contributed by atoms with E-state index in [2.05, 4.69) is 25.2 Å². The molecule has 1 aromatic heterocycles. The summed E-state index contributed by atoms with van der Waals surface area (Å²) in [6.45, 7) is 12.1. The van der Waals surface area contributed by atoms with E-state index in [4.69, 9.17) is 9.47 Å². The number of fused-ring (bicyclic) bond motifs is 1. The van der Waals surface area contributed by atoms with Crippen LogP contribution in [-0.4, -0.2) is 42.4 Å². The van der Waals surface area contributed by atoms with Crippen LogP contribution in [0.4, 0.5) is 4.79 Å². The molecule has 0 aliphatic carbocycles. The van der Waals surface area contributed by atoms with Gasteiger partial charge in [-0.15, -0.1) is 11.3 Å². The third-order valence-electron chi connectivity index (χ3n) is 4.24. The Hall–Kier alpha value is -1.11. The van der Waals surface area contributed by atoms with Gasteiger partial charge < -0.3 is 19.7 Å². The fraction of sp³-hybridized carbons (Fsp3) is 0.722. The minimum Gasteiger partial charge on any atom is -0.444 e. The van der Waals surface area contributed by atoms with Gasteiger partial charge in [-0.1, -0.05) is 0 Å². The van der Waals surface area contributed by atoms with Gasteiger partial charge in [-0.2, -0.15) is 0 Å². The average Bonchev–Trinajstić information content (AvgIpc) is 2.91. The van der Waals surface area contributed by atoms with Gasteiger partial charge in [0.1, 0.15) is 5.60 Å². The van der Waals surface area contributed by atoms with Crippen molar-refractivity contribution in [2.75, 3.05) is 13.7 Å². The van der Waals surface area contributed by atoms with Crippen molar-refractivity contribution in [2.45, 2.75) is 71.9 Å². The number of ether oxygens (including phenoxy) is 2. The molecule has 24 heavy (non-hydrogen) atoms. The zero-order valence-corrected chi connectivity index (χ0v) is 16.5. The van der Waals surface area contributed by atoms with Gasteiger partial charge in [0, 0.05) is 36.0 Å². The second-order valence-electron chi connectivity index (χ2n) is 7.42. The minimum atomic E-state index is -0.449. The summed E-state index contributed by atoms with van der Waals surface area (Å²) in [6.07, 6.45) is 0.868. The van der Waals surface area contributed by atoms with Gasteiger partial charge in [-0.25, -0.2) is 4.79 Å². The molecule has 2 rings (SSSR count). The van der Waals surface area contributed by atoms with Crippen LogP contribution in [0.5, 0.6) is 0 Å². The molecule has 2 atom stereocenters. The first-order valence-electron chi connectivity index (χ1n) is 8.54. The maximum absolute atomic E-state index is 12.2. The number of amides is 1. The Kier molecular flexibility index (Phi) is 6.28. The normalized spacial score (nSPS) is 17.3. The molecule has 5 nitrogen and oxygen atoms in total. The van der Waals surface area contributed by atoms with Crippen LogP contribution in [0.25, 0.3) is 0 Å². The molecule has 2 heterocycles. The molecule has 0 radical (unpaired) electrons. The van der Waals surface area contributed by atoms with Gasteiger partial charge >= 0.3 is 6.09 Å². The van der Waals surface area contributed by atoms with E-state index in [9.17, 15) is 4.79 Å². The van der Waals surface area contributed by atoms with Crippen LogP contribution in [0.15, 0.2) is 6.07 Å². The zero-order valence-electron chi connectivity index (χ0n) is 15.6. The molecule has 6 heteroatoms. The fourth-order valence-corrected chi connectivity index (χ4v) is 3.72. The molecule has 0 saturated carbocycles. The molecule has 0 bridgehead atoms. The molecule has 0 fully saturated rings. The lowest BCUT2D eigenvalue weighted by Crippen LogP contribution is -2.39. The van der Waals surface area contributed by atoms with Crippen LogP contribution in [0, 0.1) is 0 Å². The van der Waals surface area contributed by atoms with Crippen LogP contribution in [0.3, 0.4) is 0 Å². The number of hydrogen-bond donors (Lipinski definition) is 1. The zero-order chi connectivity index (χ0) is 17.9. The first kappa shape index (κ1) is 19.2. The summed E-state index contributed by atoms with van der Waals surface area (Å²) in [4.78, 5) is 16.7. The number of methoxy groups -OCH3 is 1. The Morgan fingerprint density at radius 1 is 1.42 bits per heavy atom. The van der Waals surface area contributed by atoms with Crippen LogP contribution in [0.2, 0.25) is 0 Å². The Labute approximate surface area is 149 Å². The minimum absolute atomic E-state index is 0.183. The Bertz CT molecular complexity index is 565. The monoisotopic (exact) mass is 354 g/mol. The molecule has 1 aliphatic rings. The molecule has 1 amide bonds. The molecular weight excluding hydrogens is 324 g/mol. The third kappa shape index (κ3) is 5.19. The highest BCUT2D eigenvalue weighted by Crippen LogP contribution is 2.29. The number of nitrogens with zero attached hydrogens (tertiary/aromatic N) is 1. The molecule has 1 aliphatic heterocycles. The number of thiophene rings is 1. The number of carbonyl (C=O) groups is 1. The molecule has 1 N–H and O–H groups in total. The summed E-state index contributed by atoms with van der Waals surface area (Å²) in [5.41, 5.74) is 0.802. The lowest BCUT2D eigenvalue weighted by Gasteiger charge is -2.29. The van der Waals surface area contributed by atoms with Crippen molar-refractivity contribution in [2.24, 2.45) is 0 Å². The summed E-state index contributed by atoms with van der Waals surface area (Å²) in [5, 5.41) is 3.50. The second kappa shape index (κ2) is 7.85. The standard InChI is InChI=1S/C18H30N2O3S/c1-12(13(2)22-6)19-10-15-9-14-11-20(8-7-16(14)24-15)17(21)23-18(3,4)5/h9,12-13,19H,7-8,10-11H2,1-6H3/t12-,13-/m0/s1. The van der Waals surface area contributed by atoms with Crippen molar-refractivity contribution in [3.05, 3.63) is 21.4 Å². The molecule has 0 spiro atoms. The molecule has 1 aromatic rings. The highest BCUT2D eigenvalue weighted by atomic mass is 32.1. The fourth-order valence-electron chi connectivity index (χ4n) is 2.60. The highest BCUT2D eigenvalue weighted by Gasteiger charge is 2.27. The van der Waals surface area contributed by atoms with E-state index in [-0.39, 0.29) is 12.2 Å². The Morgan fingerprint density at radius 2 is 2.12 bits per heavy atom. The lowest BCUT2D eigenvalue weighted by molar-refractivity contribution is 0.0225. The molecular formula is C18H30N2O3S. The Balaban J connectivity index is 1.93. The van der Waals surface area contributed by atoms with Crippen LogP contribution >= 0.6 is 11.3 Å². The number of hydrogen-bond acceptors (Lipinski definition) is 5. The second-order valence-corrected chi connectivity index (χ2v) is 8.64. The van der Waals surface area contributed by atoms with Gasteiger partial charge in [0.05, 0.1) is 12.6 Å². The first-order valence-corrected chi connectivity index (χ1v) is 9.36. The maximum atomic E-state index is 12.2. The van der Waals surface area contributed by atoms with Crippen LogP contribution in [0.1, 0.15) is 49.9 Å². The average molecular weight is 355 g/mol. The van der Waals surface area contributed by atoms with E-state index >= 15 is 0 Å². The van der Waals surface area contributed by atoms with Crippen molar-refractivity contribution in [1.82, 2.24) is 10.2 Å². The predicted octanol–water partition coefficient (Wildman–Crippen LogP) is 3.55. The summed E-state index contributed by atoms with van der Waals surface area (Å²) in [6, 6.07) is 2.51. The molecule has 0 unspecified atom stereocenters. The smallest absolute Gasteiger partial charge is 0.410 e. The van der Waals surface area contributed by atoms with E-state index < -0.39 is 5.60 Å². The van der Waals surface area contributed by atoms with Gasteiger partial charge in [0.25, 0.3) is 0 Å². The van der Waals surface area contributed by atoms with E-state index in [0.717, 1.165) is 19.5 Å². The van der Waals surface area contributed by atoms with E-state index in [1.165, 1.54) is 15.3 Å². The van der Waals surface area contributed by atoms with Crippen molar-refractivity contribution in [3.63, 3.8) is 0 Å². The van der Waals surface area contributed by atoms with Gasteiger partial charge in [-0.05, 0) is 52.7 Å². The van der Waals surface area contributed by atoms with Crippen molar-refractivity contribution in [1.29, 1.82) is 0 Å². The molecule has 0 saturated heterocycles. The van der Waals surface area contributed by atoms with Crippen molar-refractivity contribution >= 4 is 17.4 Å². The lowest BCUT2D eigenvalue weighted by atomic mass is 10.1. The van der Waals surface area contributed by atoms with Gasteiger partial charge in [0.2, 0.25) is 0 Å². The topological polar surface area (TPSA) is 50.8 Å². The van der Waals surface area contributed by atoms with Gasteiger partial charge in [0.15, 0.2) is 0 Å². The largest absolute Gasteiger partial charge is 0.444 e. The summed E-state index contributed by atoms with van der Waals surface area (Å²) >= 11 is 1.84. The number of nitrogens with one attached hydrogen (secondary N) is 1. The van der Waals surface area contributed by atoms with Gasteiger partial charge in [-0.3, -0.25) is 0 Å². The van der Waals surface area contributed by atoms with Crippen molar-refractivity contribution in [3.8, 4) is 0 Å². The van der Waals surface area contributed by atoms with Crippen LogP contribution in [-0.2, 0) is 29.0 Å². The summed E-state index contributed by atoms with van der Waals surface area (Å²) in [5.74, 6) is 0. The number of rotatable bonds is 5. The van der Waals surface area contributed by atoms with E-state index in [1.807, 2.05) is 32.1 Å². The maximum Gasteiger partial charge on any atom is 0.410 e.